The highest BCUT2D eigenvalue weighted by molar-refractivity contribution is 5.69. The lowest BCUT2D eigenvalue weighted by atomic mass is 9.95. The summed E-state index contributed by atoms with van der Waals surface area (Å²) in [4.78, 5) is 18.0. The number of halogens is 1. The summed E-state index contributed by atoms with van der Waals surface area (Å²) < 4.78 is 19.7. The zero-order valence-corrected chi connectivity index (χ0v) is 21.6. The van der Waals surface area contributed by atoms with Crippen molar-refractivity contribution in [2.75, 3.05) is 18.6 Å². The molecule has 0 radical (unpaired) electrons. The molecule has 1 aliphatic heterocycles. The minimum Gasteiger partial charge on any atom is -0.497 e. The second kappa shape index (κ2) is 11.1. The Bertz CT molecular complexity index is 1420. The van der Waals surface area contributed by atoms with E-state index in [4.69, 9.17) is 4.74 Å². The summed E-state index contributed by atoms with van der Waals surface area (Å²) in [5.74, 6) is -0.180. The molecule has 0 spiro atoms. The monoisotopic (exact) mass is 510 g/mol. The summed E-state index contributed by atoms with van der Waals surface area (Å²) in [5, 5.41) is 9.50. The van der Waals surface area contributed by atoms with Crippen LogP contribution in [0.1, 0.15) is 41.0 Å². The average Bonchev–Trinajstić information content (AvgIpc) is 3.34. The summed E-state index contributed by atoms with van der Waals surface area (Å²) in [6, 6.07) is 23.1. The van der Waals surface area contributed by atoms with Crippen molar-refractivity contribution < 1.29 is 19.0 Å². The minimum absolute atomic E-state index is 0.0599. The predicted octanol–water partition coefficient (Wildman–Crippen LogP) is 6.63. The molecule has 0 aliphatic carbocycles. The van der Waals surface area contributed by atoms with E-state index in [-0.39, 0.29) is 24.2 Å². The maximum absolute atomic E-state index is 14.5. The van der Waals surface area contributed by atoms with Gasteiger partial charge in [-0.15, -0.1) is 0 Å². The number of rotatable bonds is 8. The van der Waals surface area contributed by atoms with Gasteiger partial charge in [-0.3, -0.25) is 9.78 Å². The maximum Gasteiger partial charge on any atom is 0.305 e. The van der Waals surface area contributed by atoms with Crippen molar-refractivity contribution in [3.05, 3.63) is 113 Å². The van der Waals surface area contributed by atoms with E-state index in [1.165, 1.54) is 11.6 Å². The third-order valence-corrected chi connectivity index (χ3v) is 7.47. The Morgan fingerprint density at radius 2 is 1.92 bits per heavy atom. The molecule has 1 fully saturated rings. The van der Waals surface area contributed by atoms with Crippen LogP contribution in [0.4, 0.5) is 10.1 Å². The molecule has 2 unspecified atom stereocenters. The normalized spacial score (nSPS) is 17.0. The van der Waals surface area contributed by atoms with Crippen LogP contribution in [-0.4, -0.2) is 35.8 Å². The number of nitrogens with zero attached hydrogens (tertiary/aromatic N) is 2. The van der Waals surface area contributed by atoms with E-state index in [1.54, 1.807) is 25.4 Å². The average molecular weight is 511 g/mol. The third-order valence-electron chi connectivity index (χ3n) is 7.47. The number of hydrogen-bond acceptors (Lipinski definition) is 4. The summed E-state index contributed by atoms with van der Waals surface area (Å²) in [7, 11) is 1.58. The molecule has 5 nitrogen and oxygen atoms in total. The number of carbonyl (C=O) groups is 1. The van der Waals surface area contributed by atoms with Crippen LogP contribution in [-0.2, 0) is 11.2 Å². The molecule has 2 atom stereocenters. The minimum atomic E-state index is -0.781. The van der Waals surface area contributed by atoms with E-state index in [2.05, 4.69) is 46.3 Å². The van der Waals surface area contributed by atoms with Crippen LogP contribution < -0.4 is 9.64 Å². The zero-order chi connectivity index (χ0) is 26.6. The van der Waals surface area contributed by atoms with Crippen molar-refractivity contribution in [3.63, 3.8) is 0 Å². The Morgan fingerprint density at radius 3 is 2.61 bits per heavy atom. The van der Waals surface area contributed by atoms with Gasteiger partial charge in [-0.25, -0.2) is 4.39 Å². The molecular formula is C32H31FN2O3. The molecule has 1 aromatic heterocycles. The molecule has 4 aromatic rings. The van der Waals surface area contributed by atoms with Gasteiger partial charge in [-0.1, -0.05) is 36.4 Å². The number of aliphatic carboxylic acids is 1. The van der Waals surface area contributed by atoms with Gasteiger partial charge in [0, 0.05) is 42.1 Å². The van der Waals surface area contributed by atoms with E-state index in [0.29, 0.717) is 11.3 Å². The Kier molecular flexibility index (Phi) is 7.40. The number of anilines is 1. The molecule has 1 aliphatic rings. The van der Waals surface area contributed by atoms with Gasteiger partial charge in [0.2, 0.25) is 0 Å². The first-order chi connectivity index (χ1) is 18.4. The quantitative estimate of drug-likeness (QED) is 0.288. The molecule has 38 heavy (non-hydrogen) atoms. The standard InChI is InChI=1S/C32H31FN2O3/c1-21-14-24(30-18-29(38-2)11-12-31(30)33)8-7-23(21)15-22-5-9-27(10-6-22)35-20-26(16-28(35)17-32(36)37)25-4-3-13-34-19-25/h3-14,18-19,26,28H,15-17,20H2,1-2H3,(H,36,37). The Labute approximate surface area is 222 Å². The second-order valence-electron chi connectivity index (χ2n) is 9.95. The number of carboxylic acid groups (broad SMARTS) is 1. The highest BCUT2D eigenvalue weighted by Crippen LogP contribution is 2.36. The lowest BCUT2D eigenvalue weighted by Gasteiger charge is -2.26. The summed E-state index contributed by atoms with van der Waals surface area (Å²) >= 11 is 0. The maximum atomic E-state index is 14.5. The SMILES string of the molecule is COc1ccc(F)c(-c2ccc(Cc3ccc(N4CC(c5cccnc5)CC4CC(=O)O)cc3)c(C)c2)c1. The van der Waals surface area contributed by atoms with Crippen LogP contribution in [0, 0.1) is 12.7 Å². The molecule has 3 aromatic carbocycles. The van der Waals surface area contributed by atoms with Crippen LogP contribution in [0.5, 0.6) is 5.75 Å². The van der Waals surface area contributed by atoms with Crippen LogP contribution in [0.2, 0.25) is 0 Å². The summed E-state index contributed by atoms with van der Waals surface area (Å²) in [6.07, 6.45) is 5.29. The van der Waals surface area contributed by atoms with Crippen molar-refractivity contribution in [2.24, 2.45) is 0 Å². The first-order valence-electron chi connectivity index (χ1n) is 12.8. The van der Waals surface area contributed by atoms with Crippen LogP contribution in [0.25, 0.3) is 11.1 Å². The molecule has 1 saturated heterocycles. The first kappa shape index (κ1) is 25.5. The second-order valence-corrected chi connectivity index (χ2v) is 9.95. The molecule has 6 heteroatoms. The topological polar surface area (TPSA) is 62.7 Å². The van der Waals surface area contributed by atoms with Crippen LogP contribution in [0.15, 0.2) is 85.2 Å². The molecule has 0 amide bonds. The Balaban J connectivity index is 1.32. The first-order valence-corrected chi connectivity index (χ1v) is 12.8. The lowest BCUT2D eigenvalue weighted by Crippen LogP contribution is -2.31. The molecule has 0 saturated carbocycles. The third kappa shape index (κ3) is 5.54. The highest BCUT2D eigenvalue weighted by atomic mass is 19.1. The number of aryl methyl sites for hydroxylation is 1. The molecule has 2 heterocycles. The highest BCUT2D eigenvalue weighted by Gasteiger charge is 2.34. The molecule has 0 bridgehead atoms. The number of aromatic nitrogens is 1. The number of hydrogen-bond donors (Lipinski definition) is 1. The van der Waals surface area contributed by atoms with Gasteiger partial charge in [0.25, 0.3) is 0 Å². The van der Waals surface area contributed by atoms with Gasteiger partial charge in [0.05, 0.1) is 13.5 Å². The number of methoxy groups -OCH3 is 1. The van der Waals surface area contributed by atoms with E-state index >= 15 is 0 Å². The number of benzene rings is 3. The van der Waals surface area contributed by atoms with Crippen molar-refractivity contribution in [2.45, 2.75) is 38.1 Å². The lowest BCUT2D eigenvalue weighted by molar-refractivity contribution is -0.137. The van der Waals surface area contributed by atoms with E-state index < -0.39 is 5.97 Å². The van der Waals surface area contributed by atoms with Gasteiger partial charge in [-0.2, -0.15) is 0 Å². The molecule has 5 rings (SSSR count). The van der Waals surface area contributed by atoms with Crippen LogP contribution >= 0.6 is 0 Å². The zero-order valence-electron chi connectivity index (χ0n) is 21.6. The van der Waals surface area contributed by atoms with Gasteiger partial charge >= 0.3 is 5.97 Å². The molecular weight excluding hydrogens is 479 g/mol. The van der Waals surface area contributed by atoms with E-state index in [9.17, 15) is 14.3 Å². The smallest absolute Gasteiger partial charge is 0.305 e. The summed E-state index contributed by atoms with van der Waals surface area (Å²) in [6.45, 7) is 2.81. The van der Waals surface area contributed by atoms with Gasteiger partial charge < -0.3 is 14.7 Å². The fourth-order valence-corrected chi connectivity index (χ4v) is 5.43. The largest absolute Gasteiger partial charge is 0.497 e. The molecule has 194 valence electrons. The van der Waals surface area contributed by atoms with Gasteiger partial charge in [-0.05, 0) is 84.0 Å². The Morgan fingerprint density at radius 1 is 1.11 bits per heavy atom. The molecule has 1 N–H and O–H groups in total. The van der Waals surface area contributed by atoms with Crippen molar-refractivity contribution >= 4 is 11.7 Å². The van der Waals surface area contributed by atoms with E-state index in [1.807, 2.05) is 31.3 Å². The van der Waals surface area contributed by atoms with E-state index in [0.717, 1.165) is 47.3 Å². The Hall–Kier alpha value is -4.19. The fourth-order valence-electron chi connectivity index (χ4n) is 5.43. The predicted molar refractivity (Wildman–Crippen MR) is 147 cm³/mol. The number of carboxylic acids is 1. The van der Waals surface area contributed by atoms with Gasteiger partial charge in [0.15, 0.2) is 0 Å². The van der Waals surface area contributed by atoms with Crippen molar-refractivity contribution in [1.29, 1.82) is 0 Å². The van der Waals surface area contributed by atoms with Crippen LogP contribution in [0.3, 0.4) is 0 Å². The summed E-state index contributed by atoms with van der Waals surface area (Å²) in [5.41, 5.74) is 6.95. The van der Waals surface area contributed by atoms with Crippen molar-refractivity contribution in [3.8, 4) is 16.9 Å². The number of pyridine rings is 1. The fraction of sp³-hybridized carbons (Fsp3) is 0.250. The van der Waals surface area contributed by atoms with Crippen molar-refractivity contribution in [1.82, 2.24) is 4.98 Å². The number of ether oxygens (including phenoxy) is 1. The van der Waals surface area contributed by atoms with Gasteiger partial charge in [0.1, 0.15) is 11.6 Å².